The predicted molar refractivity (Wildman–Crippen MR) is 87.5 cm³/mol. The lowest BCUT2D eigenvalue weighted by atomic mass is 10.2. The highest BCUT2D eigenvalue weighted by molar-refractivity contribution is 7.92. The molecule has 0 bridgehead atoms. The molecule has 0 amide bonds. The number of aromatic nitrogens is 1. The second-order valence-electron chi connectivity index (χ2n) is 5.45. The first-order valence-corrected chi connectivity index (χ1v) is 8.89. The van der Waals surface area contributed by atoms with Gasteiger partial charge in [0.25, 0.3) is 10.0 Å². The van der Waals surface area contributed by atoms with E-state index in [4.69, 9.17) is 0 Å². The van der Waals surface area contributed by atoms with Crippen molar-refractivity contribution in [1.29, 1.82) is 0 Å². The van der Waals surface area contributed by atoms with Crippen LogP contribution in [0.1, 0.15) is 25.3 Å². The minimum atomic E-state index is -3.59. The van der Waals surface area contributed by atoms with Gasteiger partial charge in [-0.05, 0) is 49.1 Å². The van der Waals surface area contributed by atoms with E-state index in [0.29, 0.717) is 11.9 Å². The highest BCUT2D eigenvalue weighted by Crippen LogP contribution is 2.25. The maximum absolute atomic E-state index is 12.3. The molecule has 1 saturated carbocycles. The summed E-state index contributed by atoms with van der Waals surface area (Å²) in [6.07, 6.45) is 4.89. The molecule has 0 spiro atoms. The van der Waals surface area contributed by atoms with Crippen molar-refractivity contribution in [2.45, 2.75) is 37.1 Å². The van der Waals surface area contributed by atoms with Crippen molar-refractivity contribution in [3.8, 4) is 0 Å². The van der Waals surface area contributed by atoms with Gasteiger partial charge in [0.2, 0.25) is 0 Å². The van der Waals surface area contributed by atoms with E-state index in [1.165, 1.54) is 12.8 Å². The number of anilines is 2. The van der Waals surface area contributed by atoms with E-state index in [-0.39, 0.29) is 4.90 Å². The number of nitrogens with one attached hydrogen (secondary N) is 2. The van der Waals surface area contributed by atoms with Gasteiger partial charge < -0.3 is 5.32 Å². The Balaban J connectivity index is 1.72. The van der Waals surface area contributed by atoms with Crippen molar-refractivity contribution in [3.05, 3.63) is 48.2 Å². The van der Waals surface area contributed by atoms with Crippen LogP contribution in [0.5, 0.6) is 0 Å². The van der Waals surface area contributed by atoms with Crippen LogP contribution in [0, 0.1) is 0 Å². The lowest BCUT2D eigenvalue weighted by molar-refractivity contribution is 0.601. The van der Waals surface area contributed by atoms with Gasteiger partial charge in [-0.15, -0.1) is 0 Å². The molecule has 1 fully saturated rings. The van der Waals surface area contributed by atoms with Gasteiger partial charge in [-0.1, -0.05) is 19.1 Å². The fraction of sp³-hybridized carbons (Fsp3) is 0.312. The molecule has 1 aliphatic rings. The van der Waals surface area contributed by atoms with Gasteiger partial charge in [0.15, 0.2) is 0 Å². The first-order valence-electron chi connectivity index (χ1n) is 7.41. The van der Waals surface area contributed by atoms with Gasteiger partial charge in [-0.3, -0.25) is 4.72 Å². The van der Waals surface area contributed by atoms with E-state index in [2.05, 4.69) is 15.0 Å². The normalized spacial score (nSPS) is 14.6. The van der Waals surface area contributed by atoms with E-state index in [0.717, 1.165) is 17.7 Å². The third kappa shape index (κ3) is 3.57. The molecule has 0 saturated heterocycles. The Kier molecular flexibility index (Phi) is 4.02. The monoisotopic (exact) mass is 317 g/mol. The van der Waals surface area contributed by atoms with Crippen LogP contribution in [0.4, 0.5) is 11.5 Å². The summed E-state index contributed by atoms with van der Waals surface area (Å²) in [5.41, 5.74) is 2.02. The lowest BCUT2D eigenvalue weighted by Gasteiger charge is -2.09. The minimum Gasteiger partial charge on any atom is -0.381 e. The van der Waals surface area contributed by atoms with Crippen molar-refractivity contribution in [1.82, 2.24) is 4.98 Å². The van der Waals surface area contributed by atoms with Crippen molar-refractivity contribution < 1.29 is 8.42 Å². The van der Waals surface area contributed by atoms with Gasteiger partial charge in [-0.25, -0.2) is 13.4 Å². The molecule has 2 N–H and O–H groups in total. The van der Waals surface area contributed by atoms with Gasteiger partial charge in [0.05, 0.1) is 16.8 Å². The molecule has 22 heavy (non-hydrogen) atoms. The number of pyridine rings is 1. The molecular weight excluding hydrogens is 298 g/mol. The maximum Gasteiger partial charge on any atom is 0.263 e. The Morgan fingerprint density at radius 3 is 2.41 bits per heavy atom. The summed E-state index contributed by atoms with van der Waals surface area (Å²) in [6, 6.07) is 10.9. The van der Waals surface area contributed by atoms with E-state index in [1.54, 1.807) is 24.4 Å². The first kappa shape index (κ1) is 14.8. The molecule has 0 aliphatic heterocycles. The number of hydrogen-bond donors (Lipinski definition) is 2. The zero-order chi connectivity index (χ0) is 15.6. The van der Waals surface area contributed by atoms with Crippen LogP contribution in [0.15, 0.2) is 47.5 Å². The number of sulfonamides is 1. The second kappa shape index (κ2) is 5.96. The molecule has 2 aromatic rings. The third-order valence-electron chi connectivity index (χ3n) is 3.59. The van der Waals surface area contributed by atoms with Crippen LogP contribution in [0.3, 0.4) is 0 Å². The molecule has 1 aromatic carbocycles. The fourth-order valence-corrected chi connectivity index (χ4v) is 3.11. The molecule has 0 radical (unpaired) electrons. The Bertz CT molecular complexity index is 736. The number of benzene rings is 1. The quantitative estimate of drug-likeness (QED) is 0.859. The third-order valence-corrected chi connectivity index (χ3v) is 4.96. The Labute approximate surface area is 130 Å². The molecule has 5 nitrogen and oxygen atoms in total. The number of rotatable bonds is 6. The zero-order valence-corrected chi connectivity index (χ0v) is 13.2. The van der Waals surface area contributed by atoms with E-state index < -0.39 is 10.0 Å². The van der Waals surface area contributed by atoms with E-state index in [9.17, 15) is 8.42 Å². The summed E-state index contributed by atoms with van der Waals surface area (Å²) < 4.78 is 27.1. The minimum absolute atomic E-state index is 0.242. The van der Waals surface area contributed by atoms with Crippen molar-refractivity contribution in [2.24, 2.45) is 0 Å². The molecule has 116 valence electrons. The highest BCUT2D eigenvalue weighted by Gasteiger charge is 2.21. The Morgan fingerprint density at radius 1 is 1.14 bits per heavy atom. The molecule has 1 aliphatic carbocycles. The molecule has 6 heteroatoms. The Hall–Kier alpha value is -2.08. The molecule has 3 rings (SSSR count). The topological polar surface area (TPSA) is 71.1 Å². The second-order valence-corrected chi connectivity index (χ2v) is 7.14. The van der Waals surface area contributed by atoms with Crippen LogP contribution in [0.2, 0.25) is 0 Å². The summed E-state index contributed by atoms with van der Waals surface area (Å²) >= 11 is 0. The SMILES string of the molecule is CCc1ccc(S(=O)(=O)Nc2ccc(NC3CC3)cn2)cc1. The maximum atomic E-state index is 12.3. The average Bonchev–Trinajstić information content (AvgIpc) is 3.33. The summed E-state index contributed by atoms with van der Waals surface area (Å²) in [4.78, 5) is 4.39. The zero-order valence-electron chi connectivity index (χ0n) is 12.4. The van der Waals surface area contributed by atoms with Gasteiger partial charge in [0.1, 0.15) is 5.82 Å². The highest BCUT2D eigenvalue weighted by atomic mass is 32.2. The van der Waals surface area contributed by atoms with E-state index in [1.807, 2.05) is 25.1 Å². The van der Waals surface area contributed by atoms with Crippen LogP contribution in [0.25, 0.3) is 0 Å². The van der Waals surface area contributed by atoms with Crippen LogP contribution in [-0.4, -0.2) is 19.4 Å². The number of aryl methyl sites for hydroxylation is 1. The van der Waals surface area contributed by atoms with Crippen LogP contribution in [-0.2, 0) is 16.4 Å². The summed E-state index contributed by atoms with van der Waals surface area (Å²) in [6.45, 7) is 2.03. The first-order chi connectivity index (χ1) is 10.6. The fourth-order valence-electron chi connectivity index (χ4n) is 2.10. The molecule has 1 heterocycles. The van der Waals surface area contributed by atoms with Gasteiger partial charge in [0, 0.05) is 6.04 Å². The largest absolute Gasteiger partial charge is 0.381 e. The molecule has 1 aromatic heterocycles. The van der Waals surface area contributed by atoms with Crippen molar-refractivity contribution >= 4 is 21.5 Å². The summed E-state index contributed by atoms with van der Waals surface area (Å²) in [5, 5.41) is 3.31. The smallest absolute Gasteiger partial charge is 0.263 e. The lowest BCUT2D eigenvalue weighted by Crippen LogP contribution is -2.14. The van der Waals surface area contributed by atoms with Crippen LogP contribution < -0.4 is 10.0 Å². The Morgan fingerprint density at radius 2 is 1.86 bits per heavy atom. The van der Waals surface area contributed by atoms with Crippen molar-refractivity contribution in [2.75, 3.05) is 10.0 Å². The van der Waals surface area contributed by atoms with Crippen molar-refractivity contribution in [3.63, 3.8) is 0 Å². The summed E-state index contributed by atoms with van der Waals surface area (Å²) in [5.74, 6) is 0.320. The number of hydrogen-bond acceptors (Lipinski definition) is 4. The molecular formula is C16H19N3O2S. The van der Waals surface area contributed by atoms with Crippen LogP contribution >= 0.6 is 0 Å². The standard InChI is InChI=1S/C16H19N3O2S/c1-2-12-3-8-15(9-4-12)22(20,21)19-16-10-7-14(11-17-16)18-13-5-6-13/h3-4,7-11,13,18H,2,5-6H2,1H3,(H,17,19). The molecule has 0 unspecified atom stereocenters. The predicted octanol–water partition coefficient (Wildman–Crippen LogP) is 3.02. The number of nitrogens with zero attached hydrogens (tertiary/aromatic N) is 1. The average molecular weight is 317 g/mol. The summed E-state index contributed by atoms with van der Waals surface area (Å²) in [7, 11) is -3.59. The van der Waals surface area contributed by atoms with Gasteiger partial charge in [-0.2, -0.15) is 0 Å². The van der Waals surface area contributed by atoms with E-state index >= 15 is 0 Å². The van der Waals surface area contributed by atoms with Gasteiger partial charge >= 0.3 is 0 Å². The molecule has 0 atom stereocenters.